The van der Waals surface area contributed by atoms with Gasteiger partial charge in [0.25, 0.3) is 0 Å². The highest BCUT2D eigenvalue weighted by molar-refractivity contribution is 9.11. The van der Waals surface area contributed by atoms with E-state index in [-0.39, 0.29) is 0 Å². The standard InChI is InChI=1S/C13H14BrNOS/c1-8-5-10(6-9(2)15-8)12(16)7-11-3-4-13(14)17-11/h3-6,12,16H,7H2,1-2H3. The Hall–Kier alpha value is -0.710. The van der Waals surface area contributed by atoms with Gasteiger partial charge in [-0.2, -0.15) is 0 Å². The van der Waals surface area contributed by atoms with Gasteiger partial charge in [0, 0.05) is 22.7 Å². The average Bonchev–Trinajstić information content (AvgIpc) is 2.62. The van der Waals surface area contributed by atoms with Crippen molar-refractivity contribution in [3.8, 4) is 0 Å². The summed E-state index contributed by atoms with van der Waals surface area (Å²) in [5.74, 6) is 0. The summed E-state index contributed by atoms with van der Waals surface area (Å²) >= 11 is 5.09. The third kappa shape index (κ3) is 3.37. The highest BCUT2D eigenvalue weighted by atomic mass is 79.9. The van der Waals surface area contributed by atoms with Gasteiger partial charge in [0.15, 0.2) is 0 Å². The summed E-state index contributed by atoms with van der Waals surface area (Å²) in [7, 11) is 0. The molecule has 0 amide bonds. The van der Waals surface area contributed by atoms with Crippen LogP contribution >= 0.6 is 27.3 Å². The molecule has 4 heteroatoms. The predicted molar refractivity (Wildman–Crippen MR) is 74.4 cm³/mol. The number of nitrogens with zero attached hydrogens (tertiary/aromatic N) is 1. The molecule has 0 aliphatic heterocycles. The summed E-state index contributed by atoms with van der Waals surface area (Å²) < 4.78 is 1.10. The fraction of sp³-hybridized carbons (Fsp3) is 0.308. The van der Waals surface area contributed by atoms with E-state index in [1.165, 1.54) is 4.88 Å². The zero-order chi connectivity index (χ0) is 12.4. The lowest BCUT2D eigenvalue weighted by Crippen LogP contribution is -2.02. The number of hydrogen-bond donors (Lipinski definition) is 1. The first-order valence-corrected chi connectivity index (χ1v) is 7.03. The Morgan fingerprint density at radius 1 is 1.29 bits per heavy atom. The minimum absolute atomic E-state index is 0.457. The fourth-order valence-electron chi connectivity index (χ4n) is 1.83. The highest BCUT2D eigenvalue weighted by Crippen LogP contribution is 2.27. The molecule has 0 bridgehead atoms. The van der Waals surface area contributed by atoms with Gasteiger partial charge in [-0.15, -0.1) is 11.3 Å². The van der Waals surface area contributed by atoms with Crippen LogP contribution in [0.4, 0.5) is 0 Å². The summed E-state index contributed by atoms with van der Waals surface area (Å²) in [5.41, 5.74) is 2.84. The van der Waals surface area contributed by atoms with E-state index in [9.17, 15) is 5.11 Å². The Morgan fingerprint density at radius 3 is 2.47 bits per heavy atom. The first-order valence-electron chi connectivity index (χ1n) is 5.42. The molecule has 1 N–H and O–H groups in total. The van der Waals surface area contributed by atoms with Gasteiger partial charge in [0.2, 0.25) is 0 Å². The van der Waals surface area contributed by atoms with Crippen LogP contribution in [0.3, 0.4) is 0 Å². The van der Waals surface area contributed by atoms with E-state index in [4.69, 9.17) is 0 Å². The largest absolute Gasteiger partial charge is 0.388 e. The molecule has 90 valence electrons. The molecule has 1 unspecified atom stereocenters. The molecular weight excluding hydrogens is 298 g/mol. The van der Waals surface area contributed by atoms with Gasteiger partial charge in [-0.05, 0) is 59.6 Å². The van der Waals surface area contributed by atoms with E-state index in [2.05, 4.69) is 20.9 Å². The van der Waals surface area contributed by atoms with Crippen LogP contribution in [0.15, 0.2) is 28.1 Å². The SMILES string of the molecule is Cc1cc(C(O)Cc2ccc(Br)s2)cc(C)n1. The van der Waals surface area contributed by atoms with E-state index in [0.717, 1.165) is 20.7 Å². The number of aliphatic hydroxyl groups excluding tert-OH is 1. The minimum Gasteiger partial charge on any atom is -0.388 e. The molecule has 0 aliphatic carbocycles. The fourth-order valence-corrected chi connectivity index (χ4v) is 3.35. The molecule has 0 aromatic carbocycles. The third-order valence-electron chi connectivity index (χ3n) is 2.51. The second-order valence-corrected chi connectivity index (χ2v) is 6.66. The highest BCUT2D eigenvalue weighted by Gasteiger charge is 2.11. The number of rotatable bonds is 3. The van der Waals surface area contributed by atoms with E-state index in [0.29, 0.717) is 6.42 Å². The van der Waals surface area contributed by atoms with Gasteiger partial charge < -0.3 is 5.11 Å². The van der Waals surface area contributed by atoms with Crippen LogP contribution in [0.1, 0.15) is 27.9 Å². The van der Waals surface area contributed by atoms with Crippen LogP contribution in [0, 0.1) is 13.8 Å². The molecule has 0 saturated heterocycles. The van der Waals surface area contributed by atoms with Gasteiger partial charge in [0.05, 0.1) is 9.89 Å². The molecule has 2 aromatic heterocycles. The predicted octanol–water partition coefficient (Wildman–Crippen LogP) is 3.80. The maximum Gasteiger partial charge on any atom is 0.0839 e. The Morgan fingerprint density at radius 2 is 1.94 bits per heavy atom. The number of hydrogen-bond acceptors (Lipinski definition) is 3. The molecule has 2 nitrogen and oxygen atoms in total. The van der Waals surface area contributed by atoms with Crippen molar-refractivity contribution in [2.45, 2.75) is 26.4 Å². The van der Waals surface area contributed by atoms with Crippen LogP contribution in [-0.2, 0) is 6.42 Å². The van der Waals surface area contributed by atoms with Crippen molar-refractivity contribution in [2.24, 2.45) is 0 Å². The first-order chi connectivity index (χ1) is 8.04. The normalized spacial score (nSPS) is 12.7. The molecular formula is C13H14BrNOS. The summed E-state index contributed by atoms with van der Waals surface area (Å²) in [4.78, 5) is 5.49. The Labute approximate surface area is 113 Å². The van der Waals surface area contributed by atoms with Crippen LogP contribution in [0.25, 0.3) is 0 Å². The maximum atomic E-state index is 10.2. The number of pyridine rings is 1. The number of halogens is 1. The monoisotopic (exact) mass is 311 g/mol. The molecule has 1 atom stereocenters. The smallest absolute Gasteiger partial charge is 0.0839 e. The maximum absolute atomic E-state index is 10.2. The van der Waals surface area contributed by atoms with Crippen LogP contribution < -0.4 is 0 Å². The Kier molecular flexibility index (Phi) is 3.97. The van der Waals surface area contributed by atoms with Crippen molar-refractivity contribution in [1.82, 2.24) is 4.98 Å². The van der Waals surface area contributed by atoms with Crippen molar-refractivity contribution in [3.63, 3.8) is 0 Å². The Bertz CT molecular complexity index is 504. The lowest BCUT2D eigenvalue weighted by molar-refractivity contribution is 0.179. The van der Waals surface area contributed by atoms with Crippen molar-refractivity contribution >= 4 is 27.3 Å². The van der Waals surface area contributed by atoms with Gasteiger partial charge in [-0.1, -0.05) is 0 Å². The van der Waals surface area contributed by atoms with E-state index in [1.54, 1.807) is 11.3 Å². The topological polar surface area (TPSA) is 33.1 Å². The van der Waals surface area contributed by atoms with Crippen LogP contribution in [-0.4, -0.2) is 10.1 Å². The number of aromatic nitrogens is 1. The number of thiophene rings is 1. The van der Waals surface area contributed by atoms with Crippen LogP contribution in [0.5, 0.6) is 0 Å². The summed E-state index contributed by atoms with van der Waals surface area (Å²) in [6.45, 7) is 3.90. The molecule has 2 heterocycles. The second kappa shape index (κ2) is 5.29. The van der Waals surface area contributed by atoms with Crippen molar-refractivity contribution < 1.29 is 5.11 Å². The summed E-state index contributed by atoms with van der Waals surface area (Å²) in [5, 5.41) is 10.2. The lowest BCUT2D eigenvalue weighted by atomic mass is 10.1. The molecule has 0 spiro atoms. The van der Waals surface area contributed by atoms with Gasteiger partial charge >= 0.3 is 0 Å². The van der Waals surface area contributed by atoms with E-state index >= 15 is 0 Å². The zero-order valence-corrected chi connectivity index (χ0v) is 12.2. The molecule has 0 radical (unpaired) electrons. The van der Waals surface area contributed by atoms with Crippen molar-refractivity contribution in [1.29, 1.82) is 0 Å². The molecule has 0 aliphatic rings. The molecule has 0 saturated carbocycles. The van der Waals surface area contributed by atoms with Crippen LogP contribution in [0.2, 0.25) is 0 Å². The Balaban J connectivity index is 2.16. The molecule has 0 fully saturated rings. The van der Waals surface area contributed by atoms with Gasteiger partial charge in [-0.25, -0.2) is 0 Å². The number of aliphatic hydroxyl groups is 1. The average molecular weight is 312 g/mol. The quantitative estimate of drug-likeness (QED) is 0.935. The number of aryl methyl sites for hydroxylation is 2. The van der Waals surface area contributed by atoms with Crippen molar-refractivity contribution in [2.75, 3.05) is 0 Å². The summed E-state index contributed by atoms with van der Waals surface area (Å²) in [6.07, 6.45) is 0.194. The third-order valence-corrected chi connectivity index (χ3v) is 4.16. The van der Waals surface area contributed by atoms with Crippen molar-refractivity contribution in [3.05, 3.63) is 49.9 Å². The van der Waals surface area contributed by atoms with E-state index < -0.39 is 6.10 Å². The molecule has 2 aromatic rings. The first kappa shape index (κ1) is 12.7. The van der Waals surface area contributed by atoms with E-state index in [1.807, 2.05) is 38.1 Å². The van der Waals surface area contributed by atoms with Gasteiger partial charge in [-0.3, -0.25) is 4.98 Å². The molecule has 2 rings (SSSR count). The summed E-state index contributed by atoms with van der Waals surface area (Å²) in [6, 6.07) is 7.94. The second-order valence-electron chi connectivity index (χ2n) is 4.11. The van der Waals surface area contributed by atoms with Gasteiger partial charge in [0.1, 0.15) is 0 Å². The minimum atomic E-state index is -0.457. The lowest BCUT2D eigenvalue weighted by Gasteiger charge is -2.11. The zero-order valence-electron chi connectivity index (χ0n) is 9.77. The molecule has 17 heavy (non-hydrogen) atoms.